The molecule has 2 N–H and O–H groups in total. The Morgan fingerprint density at radius 2 is 2.27 bits per heavy atom. The lowest BCUT2D eigenvalue weighted by atomic mass is 10.2. The van der Waals surface area contributed by atoms with Crippen LogP contribution in [0.25, 0.3) is 0 Å². The van der Waals surface area contributed by atoms with Crippen LogP contribution in [-0.4, -0.2) is 12.0 Å². The predicted molar refractivity (Wildman–Crippen MR) is 55.3 cm³/mol. The Balaban J connectivity index is 2.94. The van der Waals surface area contributed by atoms with E-state index in [0.29, 0.717) is 17.7 Å². The third-order valence-electron chi connectivity index (χ3n) is 1.94. The molecule has 4 nitrogen and oxygen atoms in total. The van der Waals surface area contributed by atoms with Crippen molar-refractivity contribution in [1.29, 1.82) is 5.26 Å². The number of primary amides is 1. The number of carbonyl (C=O) groups excluding carboxylic acids is 1. The lowest BCUT2D eigenvalue weighted by Gasteiger charge is -2.12. The molecule has 78 valence electrons. The molecule has 1 aromatic carbocycles. The highest BCUT2D eigenvalue weighted by molar-refractivity contribution is 5.95. The number of nitriles is 1. The lowest BCUT2D eigenvalue weighted by Crippen LogP contribution is -2.17. The van der Waals surface area contributed by atoms with Crippen LogP contribution in [0.15, 0.2) is 24.3 Å². The molecule has 1 unspecified atom stereocenters. The Labute approximate surface area is 88.3 Å². The summed E-state index contributed by atoms with van der Waals surface area (Å²) in [5, 5.41) is 8.73. The minimum Gasteiger partial charge on any atom is -0.475 e. The largest absolute Gasteiger partial charge is 0.475 e. The maximum Gasteiger partial charge on any atom is 0.252 e. The molecule has 1 atom stereocenters. The van der Waals surface area contributed by atoms with Gasteiger partial charge >= 0.3 is 0 Å². The summed E-state index contributed by atoms with van der Waals surface area (Å²) in [6.07, 6.45) is 0.00866. The minimum atomic E-state index is -0.557. The van der Waals surface area contributed by atoms with E-state index >= 15 is 0 Å². The van der Waals surface area contributed by atoms with Gasteiger partial charge in [-0.3, -0.25) is 4.79 Å². The van der Waals surface area contributed by atoms with Gasteiger partial charge in [-0.1, -0.05) is 19.1 Å². The molecule has 0 spiro atoms. The van der Waals surface area contributed by atoms with E-state index < -0.39 is 12.0 Å². The Kier molecular flexibility index (Phi) is 3.69. The van der Waals surface area contributed by atoms with Crippen LogP contribution in [-0.2, 0) is 0 Å². The Bertz CT molecular complexity index is 396. The van der Waals surface area contributed by atoms with Gasteiger partial charge in [0, 0.05) is 0 Å². The highest BCUT2D eigenvalue weighted by Gasteiger charge is 2.12. The number of nitrogens with two attached hydrogens (primary N) is 1. The van der Waals surface area contributed by atoms with Crippen LogP contribution in [0.3, 0.4) is 0 Å². The van der Waals surface area contributed by atoms with Crippen molar-refractivity contribution < 1.29 is 9.53 Å². The zero-order valence-electron chi connectivity index (χ0n) is 8.43. The summed E-state index contributed by atoms with van der Waals surface area (Å²) in [6.45, 7) is 1.83. The summed E-state index contributed by atoms with van der Waals surface area (Å²) in [5.74, 6) is -0.197. The van der Waals surface area contributed by atoms with Crippen molar-refractivity contribution in [3.05, 3.63) is 29.8 Å². The first-order chi connectivity index (χ1) is 7.19. The van der Waals surface area contributed by atoms with Gasteiger partial charge in [-0.15, -0.1) is 0 Å². The first-order valence-electron chi connectivity index (χ1n) is 4.64. The molecule has 1 rings (SSSR count). The lowest BCUT2D eigenvalue weighted by molar-refractivity contribution is 0.0995. The maximum absolute atomic E-state index is 11.0. The number of ether oxygens (including phenoxy) is 1. The zero-order chi connectivity index (χ0) is 11.3. The van der Waals surface area contributed by atoms with Gasteiger partial charge in [-0.05, 0) is 18.6 Å². The van der Waals surface area contributed by atoms with E-state index in [2.05, 4.69) is 0 Å². The van der Waals surface area contributed by atoms with Gasteiger partial charge in [-0.2, -0.15) is 5.26 Å². The standard InChI is InChI=1S/C11H12N2O2/c1-2-8(7-12)15-10-6-4-3-5-9(10)11(13)14/h3-6,8H,2H2,1H3,(H2,13,14). The smallest absolute Gasteiger partial charge is 0.252 e. The number of nitrogens with zero attached hydrogens (tertiary/aromatic N) is 1. The van der Waals surface area contributed by atoms with E-state index in [1.807, 2.05) is 13.0 Å². The highest BCUT2D eigenvalue weighted by Crippen LogP contribution is 2.19. The molecule has 0 heterocycles. The molecule has 0 aliphatic rings. The summed E-state index contributed by atoms with van der Waals surface area (Å²) in [4.78, 5) is 11.0. The van der Waals surface area contributed by atoms with Crippen LogP contribution < -0.4 is 10.5 Å². The van der Waals surface area contributed by atoms with Crippen molar-refractivity contribution in [3.63, 3.8) is 0 Å². The summed E-state index contributed by atoms with van der Waals surface area (Å²) in [5.41, 5.74) is 5.47. The quantitative estimate of drug-likeness (QED) is 0.806. The molecule has 0 aromatic heterocycles. The number of para-hydroxylation sites is 1. The minimum absolute atomic E-state index is 0.297. The van der Waals surface area contributed by atoms with Crippen LogP contribution in [0.5, 0.6) is 5.75 Å². The van der Waals surface area contributed by atoms with Crippen LogP contribution >= 0.6 is 0 Å². The maximum atomic E-state index is 11.0. The fourth-order valence-electron chi connectivity index (χ4n) is 1.13. The molecular weight excluding hydrogens is 192 g/mol. The van der Waals surface area contributed by atoms with Gasteiger partial charge in [0.05, 0.1) is 5.56 Å². The summed E-state index contributed by atoms with van der Waals surface area (Å²) < 4.78 is 5.34. The van der Waals surface area contributed by atoms with Gasteiger partial charge in [0.25, 0.3) is 5.91 Å². The van der Waals surface area contributed by atoms with E-state index in [-0.39, 0.29) is 0 Å². The van der Waals surface area contributed by atoms with Crippen molar-refractivity contribution in [3.8, 4) is 11.8 Å². The van der Waals surface area contributed by atoms with Gasteiger partial charge in [-0.25, -0.2) is 0 Å². The van der Waals surface area contributed by atoms with E-state index in [1.54, 1.807) is 24.3 Å². The van der Waals surface area contributed by atoms with E-state index in [1.165, 1.54) is 0 Å². The van der Waals surface area contributed by atoms with Gasteiger partial charge < -0.3 is 10.5 Å². The monoisotopic (exact) mass is 204 g/mol. The average Bonchev–Trinajstić information content (AvgIpc) is 2.26. The van der Waals surface area contributed by atoms with Crippen LogP contribution in [0.2, 0.25) is 0 Å². The Morgan fingerprint density at radius 1 is 1.60 bits per heavy atom. The molecule has 0 aliphatic heterocycles. The van der Waals surface area contributed by atoms with Crippen molar-refractivity contribution in [2.45, 2.75) is 19.4 Å². The molecular formula is C11H12N2O2. The number of carbonyl (C=O) groups is 1. The highest BCUT2D eigenvalue weighted by atomic mass is 16.5. The van der Waals surface area contributed by atoms with Crippen LogP contribution in [0.4, 0.5) is 0 Å². The van der Waals surface area contributed by atoms with Gasteiger partial charge in [0.2, 0.25) is 0 Å². The molecule has 0 saturated carbocycles. The van der Waals surface area contributed by atoms with Crippen molar-refractivity contribution in [1.82, 2.24) is 0 Å². The molecule has 0 radical (unpaired) electrons. The molecule has 0 aliphatic carbocycles. The first-order valence-corrected chi connectivity index (χ1v) is 4.64. The Hall–Kier alpha value is -2.02. The van der Waals surface area contributed by atoms with E-state index in [0.717, 1.165) is 0 Å². The predicted octanol–water partition coefficient (Wildman–Crippen LogP) is 1.47. The Morgan fingerprint density at radius 3 is 2.80 bits per heavy atom. The van der Waals surface area contributed by atoms with Crippen molar-refractivity contribution in [2.24, 2.45) is 5.73 Å². The SMILES string of the molecule is CCC(C#N)Oc1ccccc1C(N)=O. The average molecular weight is 204 g/mol. The van der Waals surface area contributed by atoms with Gasteiger partial charge in [0.15, 0.2) is 6.10 Å². The number of rotatable bonds is 4. The number of amides is 1. The fourth-order valence-corrected chi connectivity index (χ4v) is 1.13. The van der Waals surface area contributed by atoms with Crippen molar-refractivity contribution in [2.75, 3.05) is 0 Å². The second-order valence-corrected chi connectivity index (χ2v) is 3.00. The molecule has 1 amide bonds. The molecule has 15 heavy (non-hydrogen) atoms. The third-order valence-corrected chi connectivity index (χ3v) is 1.94. The van der Waals surface area contributed by atoms with Crippen LogP contribution in [0.1, 0.15) is 23.7 Å². The van der Waals surface area contributed by atoms with E-state index in [9.17, 15) is 4.79 Å². The second kappa shape index (κ2) is 5.01. The fraction of sp³-hybridized carbons (Fsp3) is 0.273. The normalized spacial score (nSPS) is 11.5. The molecule has 4 heteroatoms. The molecule has 0 bridgehead atoms. The summed E-state index contributed by atoms with van der Waals surface area (Å²) in [6, 6.07) is 8.61. The van der Waals surface area contributed by atoms with Crippen molar-refractivity contribution >= 4 is 5.91 Å². The number of hydrogen-bond donors (Lipinski definition) is 1. The molecule has 0 fully saturated rings. The summed E-state index contributed by atoms with van der Waals surface area (Å²) >= 11 is 0. The molecule has 0 saturated heterocycles. The van der Waals surface area contributed by atoms with Crippen LogP contribution in [0, 0.1) is 11.3 Å². The topological polar surface area (TPSA) is 76.1 Å². The van der Waals surface area contributed by atoms with E-state index in [4.69, 9.17) is 15.7 Å². The zero-order valence-corrected chi connectivity index (χ0v) is 8.43. The molecule has 1 aromatic rings. The number of benzene rings is 1. The first kappa shape index (κ1) is 11.1. The van der Waals surface area contributed by atoms with Gasteiger partial charge in [0.1, 0.15) is 11.8 Å². The number of hydrogen-bond acceptors (Lipinski definition) is 3. The second-order valence-electron chi connectivity index (χ2n) is 3.00. The third kappa shape index (κ3) is 2.71. The summed E-state index contributed by atoms with van der Waals surface area (Å²) in [7, 11) is 0.